The Morgan fingerprint density at radius 1 is 1.08 bits per heavy atom. The largest absolute Gasteiger partial charge is 0.497 e. The molecule has 1 heterocycles. The Labute approximate surface area is 157 Å². The lowest BCUT2D eigenvalue weighted by atomic mass is 10.1. The minimum absolute atomic E-state index is 0.0414. The van der Waals surface area contributed by atoms with Crippen molar-refractivity contribution >= 4 is 5.91 Å². The SMILES string of the molecule is COc1ccc(OC)c(C(C)NC(=O)CN2CCN(CC(C)C)CC2)c1. The number of nitrogens with one attached hydrogen (secondary N) is 1. The van der Waals surface area contributed by atoms with Gasteiger partial charge in [0.25, 0.3) is 0 Å². The summed E-state index contributed by atoms with van der Waals surface area (Å²) in [6.07, 6.45) is 0. The Balaban J connectivity index is 1.86. The summed E-state index contributed by atoms with van der Waals surface area (Å²) in [5, 5.41) is 3.08. The van der Waals surface area contributed by atoms with Crippen molar-refractivity contribution < 1.29 is 14.3 Å². The van der Waals surface area contributed by atoms with Crippen LogP contribution in [0.5, 0.6) is 11.5 Å². The Bertz CT molecular complexity index is 584. The molecule has 26 heavy (non-hydrogen) atoms. The van der Waals surface area contributed by atoms with Gasteiger partial charge in [-0.05, 0) is 31.0 Å². The van der Waals surface area contributed by atoms with Gasteiger partial charge >= 0.3 is 0 Å². The molecule has 1 aliphatic heterocycles. The van der Waals surface area contributed by atoms with E-state index in [4.69, 9.17) is 9.47 Å². The number of rotatable bonds is 8. The van der Waals surface area contributed by atoms with Gasteiger partial charge in [0, 0.05) is 38.3 Å². The molecular formula is C20H33N3O3. The fraction of sp³-hybridized carbons (Fsp3) is 0.650. The predicted molar refractivity (Wildman–Crippen MR) is 104 cm³/mol. The molecule has 2 rings (SSSR count). The fourth-order valence-corrected chi connectivity index (χ4v) is 3.39. The van der Waals surface area contributed by atoms with Crippen molar-refractivity contribution in [3.05, 3.63) is 23.8 Å². The summed E-state index contributed by atoms with van der Waals surface area (Å²) in [7, 11) is 3.27. The van der Waals surface area contributed by atoms with Gasteiger partial charge < -0.3 is 19.7 Å². The zero-order valence-corrected chi connectivity index (χ0v) is 16.7. The van der Waals surface area contributed by atoms with Crippen molar-refractivity contribution in [1.29, 1.82) is 0 Å². The van der Waals surface area contributed by atoms with Crippen LogP contribution in [-0.4, -0.2) is 69.2 Å². The lowest BCUT2D eigenvalue weighted by Crippen LogP contribution is -2.50. The summed E-state index contributed by atoms with van der Waals surface area (Å²) < 4.78 is 10.7. The molecule has 6 nitrogen and oxygen atoms in total. The normalized spacial score (nSPS) is 17.2. The lowest BCUT2D eigenvalue weighted by Gasteiger charge is -2.35. The maximum atomic E-state index is 12.5. The third kappa shape index (κ3) is 5.88. The molecule has 0 spiro atoms. The van der Waals surface area contributed by atoms with Gasteiger partial charge in [-0.1, -0.05) is 13.8 Å². The molecule has 146 valence electrons. The van der Waals surface area contributed by atoms with Crippen molar-refractivity contribution in [2.75, 3.05) is 53.5 Å². The first-order chi connectivity index (χ1) is 12.4. The highest BCUT2D eigenvalue weighted by molar-refractivity contribution is 5.78. The van der Waals surface area contributed by atoms with E-state index in [1.165, 1.54) is 0 Å². The molecule has 6 heteroatoms. The summed E-state index contributed by atoms with van der Waals surface area (Å²) in [5.74, 6) is 2.23. The van der Waals surface area contributed by atoms with E-state index in [1.807, 2.05) is 25.1 Å². The Hall–Kier alpha value is -1.79. The zero-order valence-electron chi connectivity index (χ0n) is 16.7. The number of nitrogens with zero attached hydrogens (tertiary/aromatic N) is 2. The highest BCUT2D eigenvalue weighted by Crippen LogP contribution is 2.29. The topological polar surface area (TPSA) is 54.0 Å². The molecule has 1 unspecified atom stereocenters. The first-order valence-corrected chi connectivity index (χ1v) is 9.39. The van der Waals surface area contributed by atoms with Crippen molar-refractivity contribution in [2.24, 2.45) is 5.92 Å². The van der Waals surface area contributed by atoms with Crippen LogP contribution in [-0.2, 0) is 4.79 Å². The van der Waals surface area contributed by atoms with E-state index in [0.29, 0.717) is 12.5 Å². The summed E-state index contributed by atoms with van der Waals surface area (Å²) >= 11 is 0. The summed E-state index contributed by atoms with van der Waals surface area (Å²) in [5.41, 5.74) is 0.918. The third-order valence-electron chi connectivity index (χ3n) is 4.74. The van der Waals surface area contributed by atoms with Gasteiger partial charge in [0.15, 0.2) is 0 Å². The van der Waals surface area contributed by atoms with Crippen LogP contribution in [0, 0.1) is 5.92 Å². The second kappa shape index (κ2) is 9.78. The quantitative estimate of drug-likeness (QED) is 0.767. The van der Waals surface area contributed by atoms with Crippen LogP contribution in [0.25, 0.3) is 0 Å². The molecule has 0 saturated carbocycles. The van der Waals surface area contributed by atoms with Crippen molar-refractivity contribution in [1.82, 2.24) is 15.1 Å². The molecule has 1 aromatic rings. The molecule has 0 aliphatic carbocycles. The summed E-state index contributed by atoms with van der Waals surface area (Å²) in [4.78, 5) is 17.2. The standard InChI is InChI=1S/C20H33N3O3/c1-15(2)13-22-8-10-23(11-9-22)14-20(24)21-16(3)18-12-17(25-4)6-7-19(18)26-5/h6-7,12,15-16H,8-11,13-14H2,1-5H3,(H,21,24). The summed E-state index contributed by atoms with van der Waals surface area (Å²) in [6.45, 7) is 12.0. The van der Waals surface area contributed by atoms with Crippen molar-refractivity contribution in [3.63, 3.8) is 0 Å². The van der Waals surface area contributed by atoms with Gasteiger partial charge in [-0.3, -0.25) is 9.69 Å². The molecule has 1 aromatic carbocycles. The number of hydrogen-bond donors (Lipinski definition) is 1. The molecule has 1 N–H and O–H groups in total. The zero-order chi connectivity index (χ0) is 19.1. The molecule has 0 bridgehead atoms. The van der Waals surface area contributed by atoms with Crippen LogP contribution in [0.15, 0.2) is 18.2 Å². The van der Waals surface area contributed by atoms with Gasteiger partial charge in [-0.2, -0.15) is 0 Å². The van der Waals surface area contributed by atoms with Crippen LogP contribution in [0.1, 0.15) is 32.4 Å². The van der Waals surface area contributed by atoms with E-state index in [-0.39, 0.29) is 11.9 Å². The van der Waals surface area contributed by atoms with Crippen LogP contribution >= 0.6 is 0 Å². The number of piperazine rings is 1. The number of methoxy groups -OCH3 is 2. The van der Waals surface area contributed by atoms with E-state index in [9.17, 15) is 4.79 Å². The smallest absolute Gasteiger partial charge is 0.234 e. The maximum absolute atomic E-state index is 12.5. The van der Waals surface area contributed by atoms with Gasteiger partial charge in [-0.15, -0.1) is 0 Å². The number of benzene rings is 1. The Morgan fingerprint density at radius 2 is 1.73 bits per heavy atom. The van der Waals surface area contributed by atoms with Crippen molar-refractivity contribution in [3.8, 4) is 11.5 Å². The molecule has 1 fully saturated rings. The third-order valence-corrected chi connectivity index (χ3v) is 4.74. The van der Waals surface area contributed by atoms with Crippen LogP contribution in [0.4, 0.5) is 0 Å². The average Bonchev–Trinajstić information content (AvgIpc) is 2.62. The van der Waals surface area contributed by atoms with Crippen LogP contribution in [0.2, 0.25) is 0 Å². The van der Waals surface area contributed by atoms with Gasteiger partial charge in [0.2, 0.25) is 5.91 Å². The van der Waals surface area contributed by atoms with Gasteiger partial charge in [0.1, 0.15) is 11.5 Å². The van der Waals surface area contributed by atoms with Crippen LogP contribution < -0.4 is 14.8 Å². The summed E-state index contributed by atoms with van der Waals surface area (Å²) in [6, 6.07) is 5.49. The highest BCUT2D eigenvalue weighted by atomic mass is 16.5. The minimum Gasteiger partial charge on any atom is -0.497 e. The maximum Gasteiger partial charge on any atom is 0.234 e. The van der Waals surface area contributed by atoms with E-state index in [2.05, 4.69) is 29.0 Å². The first-order valence-electron chi connectivity index (χ1n) is 9.39. The average molecular weight is 364 g/mol. The second-order valence-electron chi connectivity index (χ2n) is 7.37. The molecule has 1 atom stereocenters. The lowest BCUT2D eigenvalue weighted by molar-refractivity contribution is -0.123. The number of hydrogen-bond acceptors (Lipinski definition) is 5. The second-order valence-corrected chi connectivity index (χ2v) is 7.37. The number of amides is 1. The number of carbonyl (C=O) groups excluding carboxylic acids is 1. The monoisotopic (exact) mass is 363 g/mol. The number of ether oxygens (including phenoxy) is 2. The van der Waals surface area contributed by atoms with Gasteiger partial charge in [-0.25, -0.2) is 0 Å². The Kier molecular flexibility index (Phi) is 7.72. The van der Waals surface area contributed by atoms with Gasteiger partial charge in [0.05, 0.1) is 26.8 Å². The van der Waals surface area contributed by atoms with E-state index < -0.39 is 0 Å². The van der Waals surface area contributed by atoms with Crippen molar-refractivity contribution in [2.45, 2.75) is 26.8 Å². The molecule has 1 amide bonds. The van der Waals surface area contributed by atoms with E-state index in [0.717, 1.165) is 49.8 Å². The fourth-order valence-electron chi connectivity index (χ4n) is 3.39. The van der Waals surface area contributed by atoms with E-state index in [1.54, 1.807) is 14.2 Å². The predicted octanol–water partition coefficient (Wildman–Crippen LogP) is 2.15. The molecule has 1 saturated heterocycles. The molecular weight excluding hydrogens is 330 g/mol. The van der Waals surface area contributed by atoms with Crippen LogP contribution in [0.3, 0.4) is 0 Å². The molecule has 0 aromatic heterocycles. The first kappa shape index (κ1) is 20.5. The highest BCUT2D eigenvalue weighted by Gasteiger charge is 2.21. The molecule has 0 radical (unpaired) electrons. The number of carbonyl (C=O) groups is 1. The molecule has 1 aliphatic rings. The van der Waals surface area contributed by atoms with E-state index >= 15 is 0 Å². The minimum atomic E-state index is -0.144. The Morgan fingerprint density at radius 3 is 2.31 bits per heavy atom.